The minimum Gasteiger partial charge on any atom is -0.451 e. The van der Waals surface area contributed by atoms with E-state index >= 15 is 0 Å². The Labute approximate surface area is 140 Å². The second-order valence-corrected chi connectivity index (χ2v) is 6.31. The lowest BCUT2D eigenvalue weighted by atomic mass is 10.1. The van der Waals surface area contributed by atoms with E-state index < -0.39 is 0 Å². The molecule has 3 rings (SSSR count). The second kappa shape index (κ2) is 6.92. The SMILES string of the molecule is CSCc1c(C(=O)NC(C)c2ccccc2)oc2ccccc12. The Hall–Kier alpha value is -2.20. The summed E-state index contributed by atoms with van der Waals surface area (Å²) in [5.41, 5.74) is 2.79. The molecule has 23 heavy (non-hydrogen) atoms. The van der Waals surface area contributed by atoms with Crippen molar-refractivity contribution in [3.8, 4) is 0 Å². The summed E-state index contributed by atoms with van der Waals surface area (Å²) in [5, 5.41) is 4.04. The first-order valence-electron chi connectivity index (χ1n) is 7.56. The van der Waals surface area contributed by atoms with Gasteiger partial charge in [0.1, 0.15) is 5.58 Å². The molecule has 1 aromatic heterocycles. The van der Waals surface area contributed by atoms with Gasteiger partial charge in [-0.05, 0) is 24.8 Å². The largest absolute Gasteiger partial charge is 0.451 e. The van der Waals surface area contributed by atoms with E-state index in [1.54, 1.807) is 11.8 Å². The summed E-state index contributed by atoms with van der Waals surface area (Å²) < 4.78 is 5.82. The minimum absolute atomic E-state index is 0.0703. The topological polar surface area (TPSA) is 42.2 Å². The summed E-state index contributed by atoms with van der Waals surface area (Å²) in [6.45, 7) is 1.98. The molecule has 3 aromatic rings. The highest BCUT2D eigenvalue weighted by atomic mass is 32.2. The minimum atomic E-state index is -0.165. The zero-order valence-corrected chi connectivity index (χ0v) is 14.0. The molecule has 4 heteroatoms. The van der Waals surface area contributed by atoms with Gasteiger partial charge in [0.2, 0.25) is 0 Å². The Morgan fingerprint density at radius 2 is 1.83 bits per heavy atom. The number of fused-ring (bicyclic) bond motifs is 1. The molecule has 0 spiro atoms. The van der Waals surface area contributed by atoms with Crippen LogP contribution in [-0.2, 0) is 5.75 Å². The maximum Gasteiger partial charge on any atom is 0.287 e. The third-order valence-corrected chi connectivity index (χ3v) is 4.42. The number of thioether (sulfide) groups is 1. The van der Waals surface area contributed by atoms with Crippen molar-refractivity contribution in [3.05, 3.63) is 71.5 Å². The third-order valence-electron chi connectivity index (χ3n) is 3.84. The Morgan fingerprint density at radius 3 is 2.57 bits per heavy atom. The highest BCUT2D eigenvalue weighted by Crippen LogP contribution is 2.29. The van der Waals surface area contributed by atoms with E-state index in [1.807, 2.05) is 67.8 Å². The molecule has 0 aliphatic heterocycles. The van der Waals surface area contributed by atoms with E-state index in [4.69, 9.17) is 4.42 Å². The second-order valence-electron chi connectivity index (χ2n) is 5.44. The summed E-state index contributed by atoms with van der Waals surface area (Å²) in [7, 11) is 0. The molecule has 2 aromatic carbocycles. The van der Waals surface area contributed by atoms with Crippen molar-refractivity contribution < 1.29 is 9.21 Å². The van der Waals surface area contributed by atoms with Crippen molar-refractivity contribution in [2.24, 2.45) is 0 Å². The Bertz CT molecular complexity index is 811. The zero-order chi connectivity index (χ0) is 16.2. The van der Waals surface area contributed by atoms with Crippen molar-refractivity contribution in [1.29, 1.82) is 0 Å². The van der Waals surface area contributed by atoms with Gasteiger partial charge in [-0.3, -0.25) is 4.79 Å². The molecule has 1 heterocycles. The Morgan fingerprint density at radius 1 is 1.13 bits per heavy atom. The predicted octanol–water partition coefficient (Wildman–Crippen LogP) is 4.79. The van der Waals surface area contributed by atoms with Crippen LogP contribution in [-0.4, -0.2) is 12.2 Å². The van der Waals surface area contributed by atoms with E-state index in [-0.39, 0.29) is 11.9 Å². The molecule has 3 nitrogen and oxygen atoms in total. The fourth-order valence-corrected chi connectivity index (χ4v) is 3.23. The fourth-order valence-electron chi connectivity index (χ4n) is 2.66. The molecule has 1 amide bonds. The van der Waals surface area contributed by atoms with E-state index in [9.17, 15) is 4.79 Å². The van der Waals surface area contributed by atoms with Crippen LogP contribution in [0, 0.1) is 0 Å². The van der Waals surface area contributed by atoms with Gasteiger partial charge in [0.25, 0.3) is 5.91 Å². The number of benzene rings is 2. The van der Waals surface area contributed by atoms with Crippen LogP contribution in [0.4, 0.5) is 0 Å². The molecule has 1 N–H and O–H groups in total. The average Bonchev–Trinajstić information content (AvgIpc) is 2.95. The van der Waals surface area contributed by atoms with Gasteiger partial charge in [0, 0.05) is 16.7 Å². The first kappa shape index (κ1) is 15.7. The monoisotopic (exact) mass is 325 g/mol. The smallest absolute Gasteiger partial charge is 0.287 e. The maximum absolute atomic E-state index is 12.7. The van der Waals surface area contributed by atoms with Gasteiger partial charge in [-0.1, -0.05) is 48.5 Å². The predicted molar refractivity (Wildman–Crippen MR) is 95.8 cm³/mol. The summed E-state index contributed by atoms with van der Waals surface area (Å²) in [6, 6.07) is 17.6. The molecule has 0 saturated heterocycles. The summed E-state index contributed by atoms with van der Waals surface area (Å²) in [5.74, 6) is 1.00. The van der Waals surface area contributed by atoms with Gasteiger partial charge >= 0.3 is 0 Å². The zero-order valence-electron chi connectivity index (χ0n) is 13.2. The molecule has 0 aliphatic rings. The maximum atomic E-state index is 12.7. The summed E-state index contributed by atoms with van der Waals surface area (Å²) >= 11 is 1.68. The third kappa shape index (κ3) is 3.27. The van der Waals surface area contributed by atoms with Gasteiger partial charge in [-0.2, -0.15) is 11.8 Å². The average molecular weight is 325 g/mol. The molecule has 0 aliphatic carbocycles. The van der Waals surface area contributed by atoms with Crippen LogP contribution in [0.3, 0.4) is 0 Å². The summed E-state index contributed by atoms with van der Waals surface area (Å²) in [6.07, 6.45) is 2.02. The summed E-state index contributed by atoms with van der Waals surface area (Å²) in [4.78, 5) is 12.7. The van der Waals surface area contributed by atoms with Crippen LogP contribution < -0.4 is 5.32 Å². The van der Waals surface area contributed by atoms with Gasteiger partial charge in [0.05, 0.1) is 6.04 Å². The molecule has 0 saturated carbocycles. The van der Waals surface area contributed by atoms with Crippen LogP contribution >= 0.6 is 11.8 Å². The number of furan rings is 1. The molecular formula is C19H19NO2S. The van der Waals surface area contributed by atoms with E-state index in [2.05, 4.69) is 5.32 Å². The lowest BCUT2D eigenvalue weighted by Gasteiger charge is -2.13. The molecule has 1 atom stereocenters. The number of hydrogen-bond acceptors (Lipinski definition) is 3. The van der Waals surface area contributed by atoms with Crippen LogP contribution in [0.2, 0.25) is 0 Å². The van der Waals surface area contributed by atoms with Crippen LogP contribution in [0.1, 0.15) is 34.6 Å². The Balaban J connectivity index is 1.90. The number of amides is 1. The highest BCUT2D eigenvalue weighted by Gasteiger charge is 2.21. The number of hydrogen-bond donors (Lipinski definition) is 1. The van der Waals surface area contributed by atoms with Gasteiger partial charge < -0.3 is 9.73 Å². The highest BCUT2D eigenvalue weighted by molar-refractivity contribution is 7.97. The van der Waals surface area contributed by atoms with Crippen molar-refractivity contribution in [2.45, 2.75) is 18.7 Å². The fraction of sp³-hybridized carbons (Fsp3) is 0.211. The number of rotatable bonds is 5. The van der Waals surface area contributed by atoms with Crippen LogP contribution in [0.25, 0.3) is 11.0 Å². The molecule has 0 fully saturated rings. The van der Waals surface area contributed by atoms with Crippen molar-refractivity contribution in [3.63, 3.8) is 0 Å². The molecular weight excluding hydrogens is 306 g/mol. The first-order chi connectivity index (χ1) is 11.2. The normalized spacial score (nSPS) is 12.3. The van der Waals surface area contributed by atoms with Gasteiger partial charge in [0.15, 0.2) is 5.76 Å². The lowest BCUT2D eigenvalue weighted by molar-refractivity contribution is 0.0913. The number of carbonyl (C=O) groups is 1. The van der Waals surface area contributed by atoms with Crippen molar-refractivity contribution in [2.75, 3.05) is 6.26 Å². The molecule has 0 radical (unpaired) electrons. The first-order valence-corrected chi connectivity index (χ1v) is 8.95. The van der Waals surface area contributed by atoms with Crippen LogP contribution in [0.15, 0.2) is 59.0 Å². The van der Waals surface area contributed by atoms with E-state index in [0.29, 0.717) is 5.76 Å². The number of nitrogens with one attached hydrogen (secondary N) is 1. The van der Waals surface area contributed by atoms with Crippen molar-refractivity contribution >= 4 is 28.6 Å². The number of carbonyl (C=O) groups excluding carboxylic acids is 1. The quantitative estimate of drug-likeness (QED) is 0.733. The Kier molecular flexibility index (Phi) is 4.72. The van der Waals surface area contributed by atoms with Crippen LogP contribution in [0.5, 0.6) is 0 Å². The van der Waals surface area contributed by atoms with Gasteiger partial charge in [-0.15, -0.1) is 0 Å². The molecule has 0 bridgehead atoms. The standard InChI is InChI=1S/C19H19NO2S/c1-13(14-8-4-3-5-9-14)20-19(21)18-16(12-23-2)15-10-6-7-11-17(15)22-18/h3-11,13H,12H2,1-2H3,(H,20,21). The lowest BCUT2D eigenvalue weighted by Crippen LogP contribution is -2.27. The van der Waals surface area contributed by atoms with Crippen molar-refractivity contribution in [1.82, 2.24) is 5.32 Å². The molecule has 118 valence electrons. The number of para-hydroxylation sites is 1. The van der Waals surface area contributed by atoms with Gasteiger partial charge in [-0.25, -0.2) is 0 Å². The van der Waals surface area contributed by atoms with E-state index in [0.717, 1.165) is 27.8 Å². The van der Waals surface area contributed by atoms with E-state index in [1.165, 1.54) is 0 Å². The molecule has 1 unspecified atom stereocenters.